The molecule has 7 nitrogen and oxygen atoms in total. The lowest BCUT2D eigenvalue weighted by Gasteiger charge is -2.18. The Bertz CT molecular complexity index is 1020. The number of rotatable bonds is 42. The molecule has 0 aliphatic rings. The molecule has 0 saturated heterocycles. The van der Waals surface area contributed by atoms with Crippen LogP contribution in [-0.4, -0.2) is 41.6 Å². The fourth-order valence-electron chi connectivity index (χ4n) is 6.81. The largest absolute Gasteiger partial charge is 0.480 e. The van der Waals surface area contributed by atoms with Gasteiger partial charge in [0.1, 0.15) is 12.1 Å². The lowest BCUT2D eigenvalue weighted by atomic mass is 10.0. The number of unbranched alkanes of at least 4 members (excludes halogenated alkanes) is 20. The Labute approximate surface area is 345 Å². The molecular weight excluding hydrogens is 697 g/mol. The molecule has 1 amide bonds. The summed E-state index contributed by atoms with van der Waals surface area (Å²) in [5.74, 6) is -1.26. The Kier molecular flexibility index (Phi) is 41.4. The van der Waals surface area contributed by atoms with Gasteiger partial charge in [0, 0.05) is 12.8 Å². The zero-order chi connectivity index (χ0) is 41.0. The van der Waals surface area contributed by atoms with Crippen LogP contribution in [0.5, 0.6) is 0 Å². The van der Waals surface area contributed by atoms with Gasteiger partial charge in [-0.2, -0.15) is 0 Å². The van der Waals surface area contributed by atoms with Crippen LogP contribution in [0, 0.1) is 0 Å². The van der Waals surface area contributed by atoms with Crippen molar-refractivity contribution in [2.24, 2.45) is 5.73 Å². The minimum atomic E-state index is -1.01. The Morgan fingerprint density at radius 2 is 0.946 bits per heavy atom. The molecule has 0 aliphatic heterocycles. The standard InChI is InChI=1S/C49H88N2O5/c1-3-5-7-9-11-13-15-16-17-18-19-20-21-22-24-26-28-33-37-43-48(53)56-45(39-34-30-27-25-23-14-12-10-8-6-4-2)40-35-31-29-32-36-42-47(52)51-46(49(54)55)41-38-44-50/h11,13,16-17,19-20,25,27,45-46H,3-10,12,14-15,18,21-24,26,28-44,50H2,1-2H3,(H,51,52)(H,54,55)/b13-11-,17-16-,20-19-,27-25-. The molecule has 0 aromatic heterocycles. The van der Waals surface area contributed by atoms with Crippen molar-refractivity contribution < 1.29 is 24.2 Å². The number of esters is 1. The molecule has 7 heteroatoms. The van der Waals surface area contributed by atoms with Gasteiger partial charge in [-0.15, -0.1) is 0 Å². The van der Waals surface area contributed by atoms with Gasteiger partial charge >= 0.3 is 11.9 Å². The topological polar surface area (TPSA) is 119 Å². The predicted octanol–water partition coefficient (Wildman–Crippen LogP) is 13.6. The van der Waals surface area contributed by atoms with Crippen LogP contribution in [0.15, 0.2) is 48.6 Å². The van der Waals surface area contributed by atoms with E-state index in [0.717, 1.165) is 96.3 Å². The maximum absolute atomic E-state index is 12.8. The number of carbonyl (C=O) groups is 3. The van der Waals surface area contributed by atoms with Crippen LogP contribution in [0.25, 0.3) is 0 Å². The Hall–Kier alpha value is -2.67. The van der Waals surface area contributed by atoms with Crippen molar-refractivity contribution in [3.8, 4) is 0 Å². The van der Waals surface area contributed by atoms with Crippen LogP contribution in [0.1, 0.15) is 226 Å². The van der Waals surface area contributed by atoms with Crippen molar-refractivity contribution in [2.45, 2.75) is 238 Å². The summed E-state index contributed by atoms with van der Waals surface area (Å²) in [6.07, 6.45) is 53.0. The average Bonchev–Trinajstić information content (AvgIpc) is 3.18. The molecule has 56 heavy (non-hydrogen) atoms. The first-order chi connectivity index (χ1) is 27.4. The number of ether oxygens (including phenoxy) is 1. The highest BCUT2D eigenvalue weighted by atomic mass is 16.5. The summed E-state index contributed by atoms with van der Waals surface area (Å²) in [5, 5.41) is 11.9. The van der Waals surface area contributed by atoms with Gasteiger partial charge in [0.25, 0.3) is 0 Å². The lowest BCUT2D eigenvalue weighted by molar-refractivity contribution is -0.150. The van der Waals surface area contributed by atoms with Gasteiger partial charge in [0.2, 0.25) is 5.91 Å². The molecule has 0 rings (SSSR count). The maximum atomic E-state index is 12.8. The minimum absolute atomic E-state index is 0.0255. The second kappa shape index (κ2) is 43.5. The first kappa shape index (κ1) is 53.3. The highest BCUT2D eigenvalue weighted by Crippen LogP contribution is 2.18. The van der Waals surface area contributed by atoms with E-state index in [1.807, 2.05) is 0 Å². The number of nitrogens with one attached hydrogen (secondary N) is 1. The molecule has 0 aliphatic carbocycles. The van der Waals surface area contributed by atoms with Gasteiger partial charge in [-0.25, -0.2) is 4.79 Å². The molecule has 2 atom stereocenters. The highest BCUT2D eigenvalue weighted by Gasteiger charge is 2.19. The first-order valence-electron chi connectivity index (χ1n) is 23.5. The smallest absolute Gasteiger partial charge is 0.326 e. The van der Waals surface area contributed by atoms with Crippen molar-refractivity contribution in [3.63, 3.8) is 0 Å². The first-order valence-corrected chi connectivity index (χ1v) is 23.5. The summed E-state index contributed by atoms with van der Waals surface area (Å²) in [5.41, 5.74) is 5.49. The van der Waals surface area contributed by atoms with Crippen LogP contribution in [0.2, 0.25) is 0 Å². The van der Waals surface area contributed by atoms with E-state index in [1.165, 1.54) is 89.9 Å². The van der Waals surface area contributed by atoms with Crippen LogP contribution < -0.4 is 11.1 Å². The van der Waals surface area contributed by atoms with E-state index in [4.69, 9.17) is 10.5 Å². The third-order valence-electron chi connectivity index (χ3n) is 10.4. The maximum Gasteiger partial charge on any atom is 0.326 e. The van der Waals surface area contributed by atoms with Gasteiger partial charge < -0.3 is 20.9 Å². The number of aliphatic carboxylic acids is 1. The van der Waals surface area contributed by atoms with Gasteiger partial charge in [-0.05, 0) is 116 Å². The zero-order valence-electron chi connectivity index (χ0n) is 36.5. The van der Waals surface area contributed by atoms with Gasteiger partial charge in [-0.3, -0.25) is 9.59 Å². The Balaban J connectivity index is 4.32. The van der Waals surface area contributed by atoms with E-state index in [9.17, 15) is 19.5 Å². The SMILES string of the molecule is CCCCC/C=C\C/C=C\C/C=C\CCCCCCCCC(=O)OC(CCC/C=C\CCCCCCCC)CCCCCCCC(=O)NC(CCCN)C(=O)O. The van der Waals surface area contributed by atoms with Gasteiger partial charge in [0.05, 0.1) is 0 Å². The van der Waals surface area contributed by atoms with Crippen LogP contribution >= 0.6 is 0 Å². The molecular formula is C49H88N2O5. The average molecular weight is 785 g/mol. The summed E-state index contributed by atoms with van der Waals surface area (Å²) < 4.78 is 6.04. The third-order valence-corrected chi connectivity index (χ3v) is 10.4. The molecule has 0 radical (unpaired) electrons. The fraction of sp³-hybridized carbons (Fsp3) is 0.776. The molecule has 0 aromatic carbocycles. The van der Waals surface area contributed by atoms with Crippen molar-refractivity contribution >= 4 is 17.8 Å². The number of hydrogen-bond acceptors (Lipinski definition) is 5. The van der Waals surface area contributed by atoms with Gasteiger partial charge in [-0.1, -0.05) is 152 Å². The molecule has 0 saturated carbocycles. The number of carboxylic acids is 1. The molecule has 4 N–H and O–H groups in total. The minimum Gasteiger partial charge on any atom is -0.480 e. The number of hydrogen-bond donors (Lipinski definition) is 3. The summed E-state index contributed by atoms with van der Waals surface area (Å²) in [4.78, 5) is 36.4. The lowest BCUT2D eigenvalue weighted by Crippen LogP contribution is -2.40. The molecule has 0 bridgehead atoms. The number of nitrogens with two attached hydrogens (primary N) is 1. The van der Waals surface area contributed by atoms with E-state index in [2.05, 4.69) is 67.8 Å². The normalized spacial score (nSPS) is 13.1. The predicted molar refractivity (Wildman–Crippen MR) is 239 cm³/mol. The second-order valence-electron chi connectivity index (χ2n) is 15.8. The summed E-state index contributed by atoms with van der Waals surface area (Å²) in [6.45, 7) is 4.91. The van der Waals surface area contributed by atoms with Gasteiger partial charge in [0.15, 0.2) is 0 Å². The molecule has 324 valence electrons. The second-order valence-corrected chi connectivity index (χ2v) is 15.8. The van der Waals surface area contributed by atoms with E-state index < -0.39 is 12.0 Å². The van der Waals surface area contributed by atoms with Crippen LogP contribution in [0.3, 0.4) is 0 Å². The third kappa shape index (κ3) is 39.6. The van der Waals surface area contributed by atoms with Crippen molar-refractivity contribution in [1.29, 1.82) is 0 Å². The van der Waals surface area contributed by atoms with Crippen LogP contribution in [0.4, 0.5) is 0 Å². The molecule has 0 aromatic rings. The summed E-state index contributed by atoms with van der Waals surface area (Å²) in [7, 11) is 0. The number of allylic oxidation sites excluding steroid dienone is 8. The number of carboxylic acid groups (broad SMARTS) is 1. The number of carbonyl (C=O) groups excluding carboxylic acids is 2. The van der Waals surface area contributed by atoms with Crippen molar-refractivity contribution in [3.05, 3.63) is 48.6 Å². The van der Waals surface area contributed by atoms with E-state index in [0.29, 0.717) is 32.2 Å². The van der Waals surface area contributed by atoms with Crippen LogP contribution in [-0.2, 0) is 19.1 Å². The summed E-state index contributed by atoms with van der Waals surface area (Å²) in [6, 6.07) is -0.861. The molecule has 2 unspecified atom stereocenters. The molecule has 0 heterocycles. The Morgan fingerprint density at radius 1 is 0.518 bits per heavy atom. The highest BCUT2D eigenvalue weighted by molar-refractivity contribution is 5.83. The summed E-state index contributed by atoms with van der Waals surface area (Å²) >= 11 is 0. The van der Waals surface area contributed by atoms with E-state index in [-0.39, 0.29) is 18.0 Å². The van der Waals surface area contributed by atoms with E-state index >= 15 is 0 Å². The molecule has 0 spiro atoms. The zero-order valence-corrected chi connectivity index (χ0v) is 36.5. The monoisotopic (exact) mass is 785 g/mol. The molecule has 0 fully saturated rings. The Morgan fingerprint density at radius 3 is 1.52 bits per heavy atom. The number of amides is 1. The van der Waals surface area contributed by atoms with Crippen molar-refractivity contribution in [1.82, 2.24) is 5.32 Å². The van der Waals surface area contributed by atoms with Crippen molar-refractivity contribution in [2.75, 3.05) is 6.54 Å². The quantitative estimate of drug-likeness (QED) is 0.0322. The fourth-order valence-corrected chi connectivity index (χ4v) is 6.81. The van der Waals surface area contributed by atoms with E-state index in [1.54, 1.807) is 0 Å².